The van der Waals surface area contributed by atoms with Crippen LogP contribution in [0.25, 0.3) is 0 Å². The largest absolute Gasteiger partial charge is 0.481 e. The molecule has 140 heavy (non-hydrogen) atoms. The number of carboxylic acid groups (broad SMARTS) is 2. The second-order valence-electron chi connectivity index (χ2n) is 34.5. The number of benzene rings is 2. The minimum absolute atomic E-state index is 0.00444. The van der Waals surface area contributed by atoms with Gasteiger partial charge in [-0.1, -0.05) is 77.4 Å². The number of aliphatic carboxylic acids is 2. The molecule has 3 aromatic rings. The summed E-state index contributed by atoms with van der Waals surface area (Å²) in [5, 5.41) is 72.5. The van der Waals surface area contributed by atoms with Gasteiger partial charge >= 0.3 is 24.0 Å². The van der Waals surface area contributed by atoms with Crippen LogP contribution in [0.5, 0.6) is 5.75 Å². The van der Waals surface area contributed by atoms with Gasteiger partial charge in [-0.3, -0.25) is 62.5 Å². The zero-order chi connectivity index (χ0) is 103. The molecule has 0 unspecified atom stereocenters. The van der Waals surface area contributed by atoms with E-state index < -0.39 is 175 Å². The lowest BCUT2D eigenvalue weighted by Gasteiger charge is -2.38. The first-order valence-electron chi connectivity index (χ1n) is 47.1. The first kappa shape index (κ1) is 121. The quantitative estimate of drug-likeness (QED) is 0.0219. The molecule has 46 heteroatoms. The van der Waals surface area contributed by atoms with E-state index in [2.05, 4.69) is 42.2 Å². The van der Waals surface area contributed by atoms with Crippen LogP contribution >= 0.6 is 11.3 Å². The third-order valence-electron chi connectivity index (χ3n) is 21.6. The molecule has 0 bridgehead atoms. The Balaban J connectivity index is 1.14. The highest BCUT2D eigenvalue weighted by atomic mass is 32.1. The fraction of sp³-hybridized carbons (Fsp3) is 0.681. The number of likely N-dealkylation sites (N-methyl/N-ethyl adjacent to an activating group) is 2. The SMILES string of the molecule is CC[C@H](C)[C@H](NC(=O)CN(C)Cc1ccc(O[C@@H]2O[C@H](C(=O)O)[C@@H](O)[C@H](O)[C@H]2O)c(NC(=O)CCNC(=O)[C@H](CCCCNC(=O)CCOCCOCCOCCOCCOCCOCCOCCOCCOCCOCCOCCOC)NC(=O)[C@H](CNC(=O)OC(C)(C)C)N2C(=O)C=CC2=O)c1)C(=O)N(C)[C@H](C[C@@H](OC(C)=O)c1nc(C(=O)N[C@@H](Cc2ccccc2)C[C@H](C)C(=O)O)cs1)C(C)C. The number of aliphatic hydroxyl groups is 3. The molecule has 0 spiro atoms. The van der Waals surface area contributed by atoms with Crippen LogP contribution in [0.15, 0.2) is 66.1 Å². The Morgan fingerprint density at radius 1 is 0.600 bits per heavy atom. The van der Waals surface area contributed by atoms with Gasteiger partial charge in [-0.25, -0.2) is 14.6 Å². The number of alkyl carbamates (subject to hydrolysis) is 1. The third kappa shape index (κ3) is 47.7. The van der Waals surface area contributed by atoms with E-state index in [0.29, 0.717) is 155 Å². The van der Waals surface area contributed by atoms with E-state index >= 15 is 0 Å². The highest BCUT2D eigenvalue weighted by Gasteiger charge is 2.49. The minimum Gasteiger partial charge on any atom is -0.481 e. The first-order chi connectivity index (χ1) is 66.9. The van der Waals surface area contributed by atoms with Crippen LogP contribution in [0.2, 0.25) is 0 Å². The van der Waals surface area contributed by atoms with E-state index in [-0.39, 0.29) is 112 Å². The molecule has 2 aromatic carbocycles. The van der Waals surface area contributed by atoms with Crippen molar-refractivity contribution in [3.05, 3.63) is 87.9 Å². The van der Waals surface area contributed by atoms with Crippen LogP contribution in [0, 0.1) is 17.8 Å². The van der Waals surface area contributed by atoms with Gasteiger partial charge in [-0.15, -0.1) is 11.3 Å². The van der Waals surface area contributed by atoms with Gasteiger partial charge in [0.05, 0.1) is 177 Å². The fourth-order valence-electron chi connectivity index (χ4n) is 14.0. The van der Waals surface area contributed by atoms with E-state index in [0.717, 1.165) is 29.1 Å². The van der Waals surface area contributed by atoms with Crippen molar-refractivity contribution in [3.63, 3.8) is 0 Å². The molecular formula is C94H147N11O34S. The number of unbranched alkanes of at least 4 members (excludes halogenated alkanes) is 1. The molecule has 1 fully saturated rings. The Labute approximate surface area is 821 Å². The van der Waals surface area contributed by atoms with Gasteiger partial charge in [-0.05, 0) is 95.0 Å². The molecule has 10 amide bonds. The van der Waals surface area contributed by atoms with Crippen molar-refractivity contribution < 1.29 is 164 Å². The van der Waals surface area contributed by atoms with Crippen molar-refractivity contribution in [1.82, 2.24) is 51.6 Å². The van der Waals surface area contributed by atoms with Crippen molar-refractivity contribution in [1.29, 1.82) is 0 Å². The number of imide groups is 1. The molecular weight excluding hydrogens is 1860 g/mol. The Morgan fingerprint density at radius 2 is 1.14 bits per heavy atom. The maximum absolute atomic E-state index is 14.9. The van der Waals surface area contributed by atoms with Crippen molar-refractivity contribution in [2.45, 2.75) is 199 Å². The summed E-state index contributed by atoms with van der Waals surface area (Å²) in [5.41, 5.74) is 0.124. The second kappa shape index (κ2) is 67.5. The van der Waals surface area contributed by atoms with E-state index in [4.69, 9.17) is 75.8 Å². The van der Waals surface area contributed by atoms with E-state index in [1.165, 1.54) is 35.4 Å². The molecule has 45 nitrogen and oxygen atoms in total. The van der Waals surface area contributed by atoms with Crippen molar-refractivity contribution in [2.24, 2.45) is 17.8 Å². The van der Waals surface area contributed by atoms with Gasteiger partial charge in [0.1, 0.15) is 58.5 Å². The number of aliphatic hydroxyl groups excluding tert-OH is 3. The average molecular weight is 2010 g/mol. The normalized spacial score (nSPS) is 17.1. The maximum atomic E-state index is 14.9. The monoisotopic (exact) mass is 2010 g/mol. The molecule has 2 aliphatic rings. The molecule has 1 aromatic heterocycles. The number of methoxy groups -OCH3 is 1. The number of thiazole rings is 1. The highest BCUT2D eigenvalue weighted by molar-refractivity contribution is 7.09. The zero-order valence-electron chi connectivity index (χ0n) is 82.4. The minimum atomic E-state index is -2.10. The van der Waals surface area contributed by atoms with Crippen LogP contribution in [0.3, 0.4) is 0 Å². The first-order valence-corrected chi connectivity index (χ1v) is 48.0. The Bertz CT molecular complexity index is 4250. The molecule has 0 radical (unpaired) electrons. The molecule has 0 aliphatic carbocycles. The number of amides is 10. The Morgan fingerprint density at radius 3 is 1.65 bits per heavy atom. The number of carbonyl (C=O) groups excluding carboxylic acids is 11. The van der Waals surface area contributed by atoms with Crippen LogP contribution in [-0.2, 0) is 137 Å². The Kier molecular flexibility index (Phi) is 58.1. The molecule has 2 aliphatic heterocycles. The van der Waals surface area contributed by atoms with Crippen LogP contribution in [0.4, 0.5) is 10.5 Å². The smallest absolute Gasteiger partial charge is 0.407 e. The van der Waals surface area contributed by atoms with E-state index in [9.17, 15) is 87.9 Å². The summed E-state index contributed by atoms with van der Waals surface area (Å²) in [6.45, 7) is 22.7. The lowest BCUT2D eigenvalue weighted by Crippen LogP contribution is -2.61. The molecule has 12 N–H and O–H groups in total. The number of ether oxygens (including phenoxy) is 16. The van der Waals surface area contributed by atoms with Crippen LogP contribution < -0.4 is 42.0 Å². The number of anilines is 1. The second-order valence-corrected chi connectivity index (χ2v) is 35.4. The van der Waals surface area contributed by atoms with Crippen molar-refractivity contribution >= 4 is 94.2 Å². The summed E-state index contributed by atoms with van der Waals surface area (Å²) in [5.74, 6) is -11.6. The number of aromatic nitrogens is 1. The van der Waals surface area contributed by atoms with Gasteiger partial charge in [0.15, 0.2) is 12.2 Å². The number of nitrogens with zero attached hydrogens (tertiary/aromatic N) is 4. The summed E-state index contributed by atoms with van der Waals surface area (Å²) in [7, 11) is 4.78. The fourth-order valence-corrected chi connectivity index (χ4v) is 14.9. The summed E-state index contributed by atoms with van der Waals surface area (Å²) in [4.78, 5) is 183. The summed E-state index contributed by atoms with van der Waals surface area (Å²) >= 11 is 1.07. The van der Waals surface area contributed by atoms with Crippen LogP contribution in [-0.4, -0.2) is 388 Å². The summed E-state index contributed by atoms with van der Waals surface area (Å²) in [6, 6.07) is 7.97. The van der Waals surface area contributed by atoms with E-state index in [1.54, 1.807) is 60.7 Å². The zero-order valence-corrected chi connectivity index (χ0v) is 83.2. The maximum Gasteiger partial charge on any atom is 0.407 e. The number of esters is 1. The van der Waals surface area contributed by atoms with Gasteiger partial charge < -0.3 is 143 Å². The molecule has 3 heterocycles. The predicted octanol–water partition coefficient (Wildman–Crippen LogP) is 2.26. The molecule has 0 saturated carbocycles. The number of hydrogen-bond donors (Lipinski definition) is 12. The summed E-state index contributed by atoms with van der Waals surface area (Å²) < 4.78 is 87.9. The lowest BCUT2D eigenvalue weighted by molar-refractivity contribution is -0.271. The molecule has 788 valence electrons. The topological polar surface area (TPSA) is 578 Å². The highest BCUT2D eigenvalue weighted by Crippen LogP contribution is 2.34. The van der Waals surface area contributed by atoms with Gasteiger partial charge in [0, 0.05) is 89.6 Å². The average Bonchev–Trinajstić information content (AvgIpc) is 1.06. The molecule has 5 rings (SSSR count). The van der Waals surface area contributed by atoms with Crippen LogP contribution in [0.1, 0.15) is 146 Å². The third-order valence-corrected chi connectivity index (χ3v) is 22.5. The number of carboxylic acids is 2. The summed E-state index contributed by atoms with van der Waals surface area (Å²) in [6.07, 6.45) is -9.78. The number of nitrogens with one attached hydrogen (secondary N) is 7. The van der Waals surface area contributed by atoms with Gasteiger partial charge in [0.25, 0.3) is 17.7 Å². The van der Waals surface area contributed by atoms with Crippen molar-refractivity contribution in [3.8, 4) is 5.75 Å². The van der Waals surface area contributed by atoms with Crippen molar-refractivity contribution in [2.75, 3.05) is 205 Å². The number of rotatable bonds is 75. The van der Waals surface area contributed by atoms with Gasteiger partial charge in [0.2, 0.25) is 41.7 Å². The molecule has 1 saturated heterocycles. The predicted molar refractivity (Wildman–Crippen MR) is 504 cm³/mol. The Hall–Kier alpha value is -9.96. The lowest BCUT2D eigenvalue weighted by atomic mass is 9.93. The van der Waals surface area contributed by atoms with Gasteiger partial charge in [-0.2, -0.15) is 0 Å². The number of carbonyl (C=O) groups is 13. The molecule has 13 atom stereocenters. The number of hydrogen-bond acceptors (Lipinski definition) is 35. The standard InChI is InChI=1S/C94H147N11O34S/c1-13-62(4)80(89(118)104(11)71(61(2)3)56-74(136-64(6)106)88-101-70(60-140-88)86(116)98-67(53-63(5)90(119)120)54-65-19-15-14-16-20-65)102-77(109)59-103(10)58-66-22-23-73(137-92-83(114)81(112)82(113)84(138-92)91(121)122)69(55-66)99-76(108)26-29-96-85(115)68(100-87(117)72(105-78(110)24-25-79(105)111)57-97-93(123)139-94(7,8)9)21-17-18-28-95-75(107)27-30-125-33-34-127-37-38-129-41-42-131-45-46-133-49-50-135-52-51-134-48-47-132-44-43-130-40-39-128-36-35-126-32-31-124-12/h14-16,19-20,22-25,55,60-63,67-68,71-72,74,80-84,92,112-114H,13,17-18,21,26-54,56-59H2,1-12H3,(H,95,107)(H,96,115)(H,97,123)(H,98,116)(H,99,108)(H,100,117)(H,102,109)(H,119,120)(H,121,122)/t62-,63-,67+,68-,71+,72-,74+,80-,81-,82-,83+,84-,92+/m0/s1. The van der Waals surface area contributed by atoms with E-state index in [1.807, 2.05) is 51.1 Å².